The summed E-state index contributed by atoms with van der Waals surface area (Å²) in [5, 5.41) is 10.9. The number of methoxy groups -OCH3 is 1. The van der Waals surface area contributed by atoms with Crippen molar-refractivity contribution in [2.24, 2.45) is 4.99 Å². The number of hydrogen-bond donors (Lipinski definition) is 2. The van der Waals surface area contributed by atoms with Crippen LogP contribution in [0, 0.1) is 5.82 Å². The Balaban J connectivity index is 2.05. The summed E-state index contributed by atoms with van der Waals surface area (Å²) in [6.07, 6.45) is -5.10. The number of hydrogen-bond acceptors (Lipinski definition) is 4. The highest BCUT2D eigenvalue weighted by Gasteiger charge is 2.53. The molecule has 0 aliphatic rings. The van der Waals surface area contributed by atoms with Crippen LogP contribution < -0.4 is 10.3 Å². The zero-order valence-corrected chi connectivity index (χ0v) is 19.3. The van der Waals surface area contributed by atoms with Gasteiger partial charge in [0.15, 0.2) is 5.60 Å². The molecule has 2 unspecified atom stereocenters. The lowest BCUT2D eigenvalue weighted by Crippen LogP contribution is -2.47. The molecule has 0 amide bonds. The normalized spacial score (nSPS) is 15.0. The maximum atomic E-state index is 14.0. The molecule has 0 bridgehead atoms. The van der Waals surface area contributed by atoms with E-state index in [1.54, 1.807) is 25.1 Å². The first-order valence-electron chi connectivity index (χ1n) is 9.97. The number of benzene rings is 2. The first kappa shape index (κ1) is 24.9. The van der Waals surface area contributed by atoms with Gasteiger partial charge in [0.2, 0.25) is 5.56 Å². The molecule has 0 aliphatic heterocycles. The SMILES string of the molecule is CCC(CC(O)(C=Nc1cc(F)cc2[nH]c(=O)ccc12)C(F)(F)F)c1ccc(Br)cc1OC. The fourth-order valence-corrected chi connectivity index (χ4v) is 3.95. The van der Waals surface area contributed by atoms with Crippen molar-refractivity contribution in [2.45, 2.75) is 37.5 Å². The van der Waals surface area contributed by atoms with Crippen molar-refractivity contribution in [3.05, 3.63) is 68.7 Å². The molecule has 0 spiro atoms. The quantitative estimate of drug-likeness (QED) is 0.291. The summed E-state index contributed by atoms with van der Waals surface area (Å²) in [4.78, 5) is 17.7. The van der Waals surface area contributed by atoms with E-state index in [-0.39, 0.29) is 23.0 Å². The molecule has 10 heteroatoms. The van der Waals surface area contributed by atoms with Gasteiger partial charge in [-0.1, -0.05) is 28.9 Å². The lowest BCUT2D eigenvalue weighted by molar-refractivity contribution is -0.232. The number of rotatable bonds is 7. The minimum absolute atomic E-state index is 0.0798. The molecule has 176 valence electrons. The summed E-state index contributed by atoms with van der Waals surface area (Å²) in [6.45, 7) is 1.70. The Kier molecular flexibility index (Phi) is 7.28. The number of fused-ring (bicyclic) bond motifs is 1. The Labute approximate surface area is 195 Å². The molecule has 2 atom stereocenters. The van der Waals surface area contributed by atoms with Gasteiger partial charge in [0.05, 0.1) is 18.3 Å². The first-order valence-corrected chi connectivity index (χ1v) is 10.8. The number of ether oxygens (including phenoxy) is 1. The molecular weight excluding hydrogens is 508 g/mol. The van der Waals surface area contributed by atoms with Crippen molar-refractivity contribution in [3.8, 4) is 5.75 Å². The third-order valence-electron chi connectivity index (χ3n) is 5.38. The predicted octanol–water partition coefficient (Wildman–Crippen LogP) is 6.02. The van der Waals surface area contributed by atoms with Gasteiger partial charge >= 0.3 is 6.18 Å². The van der Waals surface area contributed by atoms with Gasteiger partial charge in [-0.25, -0.2) is 4.39 Å². The molecule has 0 aliphatic carbocycles. The van der Waals surface area contributed by atoms with Crippen LogP contribution in [0.1, 0.15) is 31.2 Å². The van der Waals surface area contributed by atoms with Gasteiger partial charge in [-0.3, -0.25) is 9.79 Å². The van der Waals surface area contributed by atoms with Crippen LogP contribution in [-0.2, 0) is 0 Å². The topological polar surface area (TPSA) is 74.7 Å². The standard InChI is InChI=1S/C23H21BrF4N2O3/c1-3-13(16-5-4-14(24)8-20(16)33-2)11-22(32,23(26,27)28)12-29-18-9-15(25)10-19-17(18)6-7-21(31)30-19/h4-10,12-13,32H,3,11H2,1-2H3,(H,30,31). The maximum absolute atomic E-state index is 14.0. The number of pyridine rings is 1. The molecule has 0 saturated heterocycles. The van der Waals surface area contributed by atoms with E-state index in [2.05, 4.69) is 25.9 Å². The Morgan fingerprint density at radius 3 is 2.58 bits per heavy atom. The monoisotopic (exact) mass is 528 g/mol. The number of aliphatic imine (C=N–C) groups is 1. The average Bonchev–Trinajstić information content (AvgIpc) is 2.74. The van der Waals surface area contributed by atoms with Crippen molar-refractivity contribution >= 4 is 38.7 Å². The lowest BCUT2D eigenvalue weighted by atomic mass is 9.84. The van der Waals surface area contributed by atoms with Crippen LogP contribution in [-0.4, -0.2) is 35.2 Å². The van der Waals surface area contributed by atoms with E-state index in [9.17, 15) is 27.5 Å². The van der Waals surface area contributed by atoms with Crippen LogP contribution in [0.2, 0.25) is 0 Å². The maximum Gasteiger partial charge on any atom is 0.422 e. The number of H-pyrrole nitrogens is 1. The van der Waals surface area contributed by atoms with E-state index in [1.807, 2.05) is 0 Å². The summed E-state index contributed by atoms with van der Waals surface area (Å²) >= 11 is 3.30. The Morgan fingerprint density at radius 1 is 1.21 bits per heavy atom. The summed E-state index contributed by atoms with van der Waals surface area (Å²) < 4.78 is 62.0. The van der Waals surface area contributed by atoms with Crippen molar-refractivity contribution < 1.29 is 27.4 Å². The number of aromatic nitrogens is 1. The van der Waals surface area contributed by atoms with E-state index in [1.165, 1.54) is 13.2 Å². The van der Waals surface area contributed by atoms with Gasteiger partial charge in [0.25, 0.3) is 0 Å². The molecule has 5 nitrogen and oxygen atoms in total. The molecule has 0 radical (unpaired) electrons. The van der Waals surface area contributed by atoms with Crippen LogP contribution >= 0.6 is 15.9 Å². The van der Waals surface area contributed by atoms with Crippen molar-refractivity contribution in [2.75, 3.05) is 7.11 Å². The molecule has 0 saturated carbocycles. The van der Waals surface area contributed by atoms with Crippen molar-refractivity contribution in [3.63, 3.8) is 0 Å². The van der Waals surface area contributed by atoms with Crippen LogP contribution in [0.3, 0.4) is 0 Å². The second kappa shape index (κ2) is 9.64. The van der Waals surface area contributed by atoms with Crippen LogP contribution in [0.5, 0.6) is 5.75 Å². The number of halogens is 5. The van der Waals surface area contributed by atoms with Gasteiger partial charge in [-0.2, -0.15) is 13.2 Å². The molecule has 3 aromatic rings. The fourth-order valence-electron chi connectivity index (χ4n) is 3.61. The van der Waals surface area contributed by atoms with Gasteiger partial charge in [0, 0.05) is 28.2 Å². The molecule has 33 heavy (non-hydrogen) atoms. The van der Waals surface area contributed by atoms with Crippen LogP contribution in [0.4, 0.5) is 23.2 Å². The van der Waals surface area contributed by atoms with E-state index >= 15 is 0 Å². The lowest BCUT2D eigenvalue weighted by Gasteiger charge is -2.31. The number of nitrogens with zero attached hydrogens (tertiary/aromatic N) is 1. The Bertz CT molecular complexity index is 1240. The van der Waals surface area contributed by atoms with Crippen molar-refractivity contribution in [1.82, 2.24) is 4.98 Å². The summed E-state index contributed by atoms with van der Waals surface area (Å²) in [7, 11) is 1.41. The second-order valence-corrected chi connectivity index (χ2v) is 8.50. The number of nitrogens with one attached hydrogen (secondary N) is 1. The second-order valence-electron chi connectivity index (χ2n) is 7.58. The summed E-state index contributed by atoms with van der Waals surface area (Å²) in [5.74, 6) is -1.12. The number of alkyl halides is 3. The molecule has 2 N–H and O–H groups in total. The number of aliphatic hydroxyl groups is 1. The largest absolute Gasteiger partial charge is 0.496 e. The van der Waals surface area contributed by atoms with Gasteiger partial charge < -0.3 is 14.8 Å². The minimum Gasteiger partial charge on any atom is -0.496 e. The molecule has 2 aromatic carbocycles. The Hall–Kier alpha value is -2.72. The fraction of sp³-hybridized carbons (Fsp3) is 0.304. The van der Waals surface area contributed by atoms with Gasteiger partial charge in [-0.15, -0.1) is 0 Å². The highest BCUT2D eigenvalue weighted by molar-refractivity contribution is 9.10. The minimum atomic E-state index is -5.05. The average molecular weight is 529 g/mol. The predicted molar refractivity (Wildman–Crippen MR) is 122 cm³/mol. The van der Waals surface area contributed by atoms with E-state index in [0.29, 0.717) is 22.0 Å². The molecule has 0 fully saturated rings. The molecular formula is C23H21BrF4N2O3. The number of aromatic amines is 1. The Morgan fingerprint density at radius 2 is 1.94 bits per heavy atom. The smallest absolute Gasteiger partial charge is 0.422 e. The third-order valence-corrected chi connectivity index (χ3v) is 5.87. The van der Waals surface area contributed by atoms with Gasteiger partial charge in [-0.05, 0) is 48.6 Å². The summed E-state index contributed by atoms with van der Waals surface area (Å²) in [5.41, 5.74) is -3.36. The highest BCUT2D eigenvalue weighted by atomic mass is 79.9. The van der Waals surface area contributed by atoms with Gasteiger partial charge in [0.1, 0.15) is 11.6 Å². The highest BCUT2D eigenvalue weighted by Crippen LogP contribution is 2.42. The van der Waals surface area contributed by atoms with Crippen molar-refractivity contribution in [1.29, 1.82) is 0 Å². The summed E-state index contributed by atoms with van der Waals surface area (Å²) in [6, 6.07) is 9.42. The first-order chi connectivity index (χ1) is 15.5. The van der Waals surface area contributed by atoms with E-state index < -0.39 is 35.5 Å². The molecule has 1 aromatic heterocycles. The zero-order valence-electron chi connectivity index (χ0n) is 17.7. The zero-order chi connectivity index (χ0) is 24.4. The third kappa shape index (κ3) is 5.44. The molecule has 1 heterocycles. The van der Waals surface area contributed by atoms with E-state index in [4.69, 9.17) is 4.74 Å². The van der Waals surface area contributed by atoms with Crippen LogP contribution in [0.25, 0.3) is 10.9 Å². The van der Waals surface area contributed by atoms with E-state index in [0.717, 1.165) is 18.2 Å². The molecule has 3 rings (SSSR count). The van der Waals surface area contributed by atoms with Crippen LogP contribution in [0.15, 0.2) is 56.7 Å².